The Morgan fingerprint density at radius 1 is 1.42 bits per heavy atom. The third-order valence-corrected chi connectivity index (χ3v) is 3.68. The first-order valence-electron chi connectivity index (χ1n) is 5.89. The highest BCUT2D eigenvalue weighted by atomic mass is 32.2. The number of anilines is 2. The highest BCUT2D eigenvalue weighted by Crippen LogP contribution is 2.23. The fourth-order valence-electron chi connectivity index (χ4n) is 1.53. The van der Waals surface area contributed by atoms with Crippen LogP contribution in [0.5, 0.6) is 0 Å². The summed E-state index contributed by atoms with van der Waals surface area (Å²) in [4.78, 5) is 11.7. The molecule has 0 aliphatic heterocycles. The summed E-state index contributed by atoms with van der Waals surface area (Å²) in [6, 6.07) is 3.94. The van der Waals surface area contributed by atoms with Crippen molar-refractivity contribution < 1.29 is 13.2 Å². The lowest BCUT2D eigenvalue weighted by Gasteiger charge is -2.16. The van der Waals surface area contributed by atoms with E-state index in [1.165, 1.54) is 12.1 Å². The summed E-state index contributed by atoms with van der Waals surface area (Å²) in [6.45, 7) is 4.09. The van der Waals surface area contributed by atoms with Crippen molar-refractivity contribution in [2.75, 3.05) is 23.9 Å². The molecule has 106 valence electrons. The van der Waals surface area contributed by atoms with E-state index in [0.717, 1.165) is 6.26 Å². The zero-order chi connectivity index (χ0) is 14.6. The number of rotatable bonds is 5. The maximum atomic E-state index is 11.6. The minimum atomic E-state index is -3.28. The summed E-state index contributed by atoms with van der Waals surface area (Å²) in [5.74, 6) is -0.144. The SMILES string of the molecule is CCNC(=O)C(C)Nc1ccc(S(C)(=O)=O)cc1N. The Bertz CT molecular complexity index is 570. The largest absolute Gasteiger partial charge is 0.397 e. The van der Waals surface area contributed by atoms with Gasteiger partial charge < -0.3 is 16.4 Å². The number of carbonyl (C=O) groups excluding carboxylic acids is 1. The molecule has 1 amide bonds. The molecule has 19 heavy (non-hydrogen) atoms. The van der Waals surface area contributed by atoms with E-state index in [2.05, 4.69) is 10.6 Å². The molecule has 6 nitrogen and oxygen atoms in total. The van der Waals surface area contributed by atoms with Gasteiger partial charge in [0.25, 0.3) is 0 Å². The molecule has 1 rings (SSSR count). The Morgan fingerprint density at radius 3 is 2.53 bits per heavy atom. The van der Waals surface area contributed by atoms with Crippen LogP contribution in [0.15, 0.2) is 23.1 Å². The van der Waals surface area contributed by atoms with Gasteiger partial charge in [-0.15, -0.1) is 0 Å². The van der Waals surface area contributed by atoms with Crippen LogP contribution in [0.3, 0.4) is 0 Å². The fourth-order valence-corrected chi connectivity index (χ4v) is 2.19. The van der Waals surface area contributed by atoms with E-state index in [-0.39, 0.29) is 10.8 Å². The van der Waals surface area contributed by atoms with Gasteiger partial charge in [-0.05, 0) is 32.0 Å². The maximum Gasteiger partial charge on any atom is 0.242 e. The van der Waals surface area contributed by atoms with Crippen molar-refractivity contribution in [1.29, 1.82) is 0 Å². The van der Waals surface area contributed by atoms with Crippen LogP contribution < -0.4 is 16.4 Å². The molecule has 1 aromatic carbocycles. The number of hydrogen-bond donors (Lipinski definition) is 3. The number of sulfone groups is 1. The van der Waals surface area contributed by atoms with Gasteiger partial charge in [0, 0.05) is 12.8 Å². The average Bonchev–Trinajstić information content (AvgIpc) is 2.30. The van der Waals surface area contributed by atoms with E-state index in [1.807, 2.05) is 6.92 Å². The van der Waals surface area contributed by atoms with Crippen molar-refractivity contribution in [3.63, 3.8) is 0 Å². The Balaban J connectivity index is 2.89. The third kappa shape index (κ3) is 4.13. The smallest absolute Gasteiger partial charge is 0.242 e. The first-order valence-corrected chi connectivity index (χ1v) is 7.78. The van der Waals surface area contributed by atoms with Crippen LogP contribution in [0.4, 0.5) is 11.4 Å². The van der Waals surface area contributed by atoms with Crippen molar-refractivity contribution >= 4 is 27.1 Å². The molecule has 0 heterocycles. The summed E-state index contributed by atoms with van der Waals surface area (Å²) in [7, 11) is -3.28. The lowest BCUT2D eigenvalue weighted by molar-refractivity contribution is -0.121. The van der Waals surface area contributed by atoms with Crippen molar-refractivity contribution in [3.8, 4) is 0 Å². The summed E-state index contributed by atoms with van der Waals surface area (Å²) < 4.78 is 22.7. The van der Waals surface area contributed by atoms with E-state index in [4.69, 9.17) is 5.73 Å². The Kier molecular flexibility index (Phi) is 4.77. The second kappa shape index (κ2) is 5.92. The lowest BCUT2D eigenvalue weighted by Crippen LogP contribution is -2.37. The van der Waals surface area contributed by atoms with Crippen LogP contribution in [0.25, 0.3) is 0 Å². The van der Waals surface area contributed by atoms with Crippen molar-refractivity contribution in [1.82, 2.24) is 5.32 Å². The molecule has 0 bridgehead atoms. The predicted octanol–water partition coefficient (Wildman–Crippen LogP) is 0.609. The van der Waals surface area contributed by atoms with Gasteiger partial charge in [0.15, 0.2) is 9.84 Å². The normalized spacial score (nSPS) is 12.8. The zero-order valence-corrected chi connectivity index (χ0v) is 12.0. The van der Waals surface area contributed by atoms with E-state index < -0.39 is 15.9 Å². The molecular formula is C12H19N3O3S. The molecule has 0 saturated heterocycles. The molecule has 0 fully saturated rings. The number of nitrogens with one attached hydrogen (secondary N) is 2. The summed E-state index contributed by atoms with van der Waals surface area (Å²) in [6.07, 6.45) is 1.12. The van der Waals surface area contributed by atoms with E-state index in [1.54, 1.807) is 13.0 Å². The van der Waals surface area contributed by atoms with Crippen LogP contribution in [-0.4, -0.2) is 33.2 Å². The molecule has 0 saturated carbocycles. The quantitative estimate of drug-likeness (QED) is 0.688. The minimum absolute atomic E-state index is 0.144. The van der Waals surface area contributed by atoms with Crippen LogP contribution in [0.1, 0.15) is 13.8 Å². The van der Waals surface area contributed by atoms with Crippen LogP contribution >= 0.6 is 0 Å². The Morgan fingerprint density at radius 2 is 2.05 bits per heavy atom. The highest BCUT2D eigenvalue weighted by Gasteiger charge is 2.14. The molecule has 1 aromatic rings. The van der Waals surface area contributed by atoms with Gasteiger partial charge in [-0.2, -0.15) is 0 Å². The monoisotopic (exact) mass is 285 g/mol. The maximum absolute atomic E-state index is 11.6. The van der Waals surface area contributed by atoms with Gasteiger partial charge in [0.1, 0.15) is 6.04 Å². The van der Waals surface area contributed by atoms with Crippen molar-refractivity contribution in [2.24, 2.45) is 0 Å². The topological polar surface area (TPSA) is 101 Å². The minimum Gasteiger partial charge on any atom is -0.397 e. The first-order chi connectivity index (χ1) is 8.75. The van der Waals surface area contributed by atoms with E-state index in [9.17, 15) is 13.2 Å². The number of likely N-dealkylation sites (N-methyl/N-ethyl adjacent to an activating group) is 1. The molecule has 0 radical (unpaired) electrons. The number of amides is 1. The van der Waals surface area contributed by atoms with Gasteiger partial charge >= 0.3 is 0 Å². The second-order valence-electron chi connectivity index (χ2n) is 4.28. The summed E-state index contributed by atoms with van der Waals surface area (Å²) in [5, 5.41) is 5.62. The van der Waals surface area contributed by atoms with E-state index >= 15 is 0 Å². The molecule has 1 atom stereocenters. The summed E-state index contributed by atoms with van der Waals surface area (Å²) >= 11 is 0. The molecule has 7 heteroatoms. The molecular weight excluding hydrogens is 266 g/mol. The van der Waals surface area contributed by atoms with Crippen molar-refractivity contribution in [2.45, 2.75) is 24.8 Å². The van der Waals surface area contributed by atoms with Gasteiger partial charge in [0.05, 0.1) is 16.3 Å². The number of nitrogen functional groups attached to an aromatic ring is 1. The molecule has 4 N–H and O–H groups in total. The third-order valence-electron chi connectivity index (χ3n) is 2.57. The van der Waals surface area contributed by atoms with Crippen LogP contribution in [0, 0.1) is 0 Å². The lowest BCUT2D eigenvalue weighted by atomic mass is 10.2. The Hall–Kier alpha value is -1.76. The molecule has 0 aromatic heterocycles. The summed E-state index contributed by atoms with van der Waals surface area (Å²) in [5.41, 5.74) is 6.61. The van der Waals surface area contributed by atoms with Gasteiger partial charge in [-0.25, -0.2) is 8.42 Å². The average molecular weight is 285 g/mol. The van der Waals surface area contributed by atoms with Crippen LogP contribution in [0.2, 0.25) is 0 Å². The van der Waals surface area contributed by atoms with Gasteiger partial charge in [-0.3, -0.25) is 4.79 Å². The zero-order valence-electron chi connectivity index (χ0n) is 11.2. The molecule has 0 aliphatic rings. The number of nitrogens with two attached hydrogens (primary N) is 1. The van der Waals surface area contributed by atoms with Crippen molar-refractivity contribution in [3.05, 3.63) is 18.2 Å². The Labute approximate surface area is 113 Å². The number of hydrogen-bond acceptors (Lipinski definition) is 5. The van der Waals surface area contributed by atoms with Crippen LogP contribution in [-0.2, 0) is 14.6 Å². The number of carbonyl (C=O) groups is 1. The standard InChI is InChI=1S/C12H19N3O3S/c1-4-14-12(16)8(2)15-11-6-5-9(7-10(11)13)19(3,17)18/h5-8,15H,4,13H2,1-3H3,(H,14,16). The fraction of sp³-hybridized carbons (Fsp3) is 0.417. The molecule has 0 aliphatic carbocycles. The highest BCUT2D eigenvalue weighted by molar-refractivity contribution is 7.90. The number of benzene rings is 1. The van der Waals surface area contributed by atoms with Gasteiger partial charge in [0.2, 0.25) is 5.91 Å². The first kappa shape index (κ1) is 15.3. The molecule has 0 spiro atoms. The molecule has 1 unspecified atom stereocenters. The predicted molar refractivity (Wildman–Crippen MR) is 75.7 cm³/mol. The van der Waals surface area contributed by atoms with E-state index in [0.29, 0.717) is 17.9 Å². The second-order valence-corrected chi connectivity index (χ2v) is 6.30. The van der Waals surface area contributed by atoms with Gasteiger partial charge in [-0.1, -0.05) is 0 Å².